The highest BCUT2D eigenvalue weighted by molar-refractivity contribution is 7.11. The Morgan fingerprint density at radius 3 is 2.30 bits per heavy atom. The lowest BCUT2D eigenvalue weighted by molar-refractivity contribution is 0.588. The number of nitrogens with zero attached hydrogens (tertiary/aromatic N) is 2. The Hall–Kier alpha value is -1.26. The number of nitrogens with one attached hydrogen (secondary N) is 1. The molecule has 1 heterocycles. The molecule has 0 atom stereocenters. The van der Waals surface area contributed by atoms with Crippen LogP contribution in [0.5, 0.6) is 0 Å². The molecule has 1 aromatic heterocycles. The highest BCUT2D eigenvalue weighted by atomic mass is 32.1. The van der Waals surface area contributed by atoms with Crippen molar-refractivity contribution in [3.63, 3.8) is 0 Å². The van der Waals surface area contributed by atoms with Gasteiger partial charge in [-0.2, -0.15) is 0 Å². The van der Waals surface area contributed by atoms with Gasteiger partial charge in [0.25, 0.3) is 0 Å². The average molecular weight is 289 g/mol. The van der Waals surface area contributed by atoms with Crippen molar-refractivity contribution in [2.24, 2.45) is 0 Å². The van der Waals surface area contributed by atoms with E-state index in [1.807, 2.05) is 0 Å². The van der Waals surface area contributed by atoms with Crippen LogP contribution in [0.15, 0.2) is 24.3 Å². The third-order valence-corrected chi connectivity index (χ3v) is 4.19. The lowest BCUT2D eigenvalue weighted by Gasteiger charge is -2.05. The Morgan fingerprint density at radius 1 is 1.00 bits per heavy atom. The first kappa shape index (κ1) is 15.1. The maximum absolute atomic E-state index is 4.29. The van der Waals surface area contributed by atoms with Crippen LogP contribution in [0, 0.1) is 6.92 Å². The predicted octanol–water partition coefficient (Wildman–Crippen LogP) is 3.17. The van der Waals surface area contributed by atoms with Gasteiger partial charge in [-0.25, -0.2) is 0 Å². The first-order chi connectivity index (χ1) is 9.63. The lowest BCUT2D eigenvalue weighted by Crippen LogP contribution is -2.24. The van der Waals surface area contributed by atoms with Crippen LogP contribution < -0.4 is 5.32 Å². The molecule has 0 saturated heterocycles. The molecule has 4 heteroatoms. The number of aryl methyl sites for hydroxylation is 3. The molecule has 0 aliphatic heterocycles. The third-order valence-electron chi connectivity index (χ3n) is 3.15. The molecule has 1 N–H and O–H groups in total. The molecule has 108 valence electrons. The SMILES string of the molecule is Cc1ccc(CCc2nnc(CCNC(C)C)s2)cc1. The second-order valence-electron chi connectivity index (χ2n) is 5.43. The lowest BCUT2D eigenvalue weighted by atomic mass is 10.1. The summed E-state index contributed by atoms with van der Waals surface area (Å²) < 4.78 is 0. The minimum absolute atomic E-state index is 0.531. The summed E-state index contributed by atoms with van der Waals surface area (Å²) in [6.45, 7) is 7.41. The van der Waals surface area contributed by atoms with Crippen LogP contribution in [0.4, 0.5) is 0 Å². The van der Waals surface area contributed by atoms with Crippen LogP contribution in [-0.2, 0) is 19.3 Å². The van der Waals surface area contributed by atoms with Crippen molar-refractivity contribution >= 4 is 11.3 Å². The zero-order valence-corrected chi connectivity index (χ0v) is 13.3. The standard InChI is InChI=1S/C16H23N3S/c1-12(2)17-11-10-16-19-18-15(20-16)9-8-14-6-4-13(3)5-7-14/h4-7,12,17H,8-11H2,1-3H3. The average Bonchev–Trinajstić information content (AvgIpc) is 2.86. The second-order valence-corrected chi connectivity index (χ2v) is 6.58. The van der Waals surface area contributed by atoms with Crippen LogP contribution in [-0.4, -0.2) is 22.8 Å². The molecule has 0 aliphatic rings. The van der Waals surface area contributed by atoms with Crippen molar-refractivity contribution < 1.29 is 0 Å². The highest BCUT2D eigenvalue weighted by Crippen LogP contribution is 2.13. The van der Waals surface area contributed by atoms with E-state index in [0.29, 0.717) is 6.04 Å². The Morgan fingerprint density at radius 2 is 1.65 bits per heavy atom. The summed E-state index contributed by atoms with van der Waals surface area (Å²) in [4.78, 5) is 0. The van der Waals surface area contributed by atoms with Crippen LogP contribution in [0.25, 0.3) is 0 Å². The fourth-order valence-corrected chi connectivity index (χ4v) is 2.81. The van der Waals surface area contributed by atoms with E-state index in [2.05, 4.69) is 60.6 Å². The van der Waals surface area contributed by atoms with E-state index in [1.165, 1.54) is 11.1 Å². The van der Waals surface area contributed by atoms with Gasteiger partial charge in [0.05, 0.1) is 0 Å². The molecular formula is C16H23N3S. The van der Waals surface area contributed by atoms with Crippen molar-refractivity contribution in [2.45, 2.75) is 46.1 Å². The number of benzene rings is 1. The fraction of sp³-hybridized carbons (Fsp3) is 0.500. The molecule has 0 radical (unpaired) electrons. The minimum Gasteiger partial charge on any atom is -0.314 e. The van der Waals surface area contributed by atoms with Gasteiger partial charge in [-0.15, -0.1) is 21.5 Å². The molecule has 20 heavy (non-hydrogen) atoms. The first-order valence-electron chi connectivity index (χ1n) is 7.23. The summed E-state index contributed by atoms with van der Waals surface area (Å²) in [5.74, 6) is 0. The zero-order chi connectivity index (χ0) is 14.4. The van der Waals surface area contributed by atoms with Crippen LogP contribution in [0.1, 0.15) is 35.0 Å². The van der Waals surface area contributed by atoms with Gasteiger partial charge in [-0.1, -0.05) is 43.7 Å². The van der Waals surface area contributed by atoms with Gasteiger partial charge in [0, 0.05) is 25.4 Å². The fourth-order valence-electron chi connectivity index (χ4n) is 1.96. The van der Waals surface area contributed by atoms with Crippen molar-refractivity contribution in [3.8, 4) is 0 Å². The molecule has 0 fully saturated rings. The Bertz CT molecular complexity index is 517. The summed E-state index contributed by atoms with van der Waals surface area (Å²) >= 11 is 1.74. The van der Waals surface area contributed by atoms with Gasteiger partial charge in [0.15, 0.2) is 0 Å². The molecule has 3 nitrogen and oxygen atoms in total. The normalized spacial score (nSPS) is 11.2. The Labute approximate surface area is 125 Å². The third kappa shape index (κ3) is 5.02. The minimum atomic E-state index is 0.531. The van der Waals surface area contributed by atoms with Crippen LogP contribution in [0.3, 0.4) is 0 Å². The maximum Gasteiger partial charge on any atom is 0.118 e. The summed E-state index contributed by atoms with van der Waals surface area (Å²) in [6.07, 6.45) is 3.00. The van der Waals surface area contributed by atoms with E-state index in [0.717, 1.165) is 35.8 Å². The molecule has 0 aliphatic carbocycles. The largest absolute Gasteiger partial charge is 0.314 e. The van der Waals surface area contributed by atoms with Gasteiger partial charge in [0.2, 0.25) is 0 Å². The maximum atomic E-state index is 4.29. The zero-order valence-electron chi connectivity index (χ0n) is 12.5. The van der Waals surface area contributed by atoms with E-state index in [9.17, 15) is 0 Å². The van der Waals surface area contributed by atoms with Crippen molar-refractivity contribution in [2.75, 3.05) is 6.54 Å². The van der Waals surface area contributed by atoms with Gasteiger partial charge in [-0.3, -0.25) is 0 Å². The monoisotopic (exact) mass is 289 g/mol. The number of rotatable bonds is 7. The highest BCUT2D eigenvalue weighted by Gasteiger charge is 2.05. The van der Waals surface area contributed by atoms with Gasteiger partial charge >= 0.3 is 0 Å². The predicted molar refractivity (Wildman–Crippen MR) is 85.3 cm³/mol. The summed E-state index contributed by atoms with van der Waals surface area (Å²) in [5, 5.41) is 14.2. The van der Waals surface area contributed by atoms with E-state index in [4.69, 9.17) is 0 Å². The smallest absolute Gasteiger partial charge is 0.118 e. The molecular weight excluding hydrogens is 266 g/mol. The summed E-state index contributed by atoms with van der Waals surface area (Å²) in [6, 6.07) is 9.26. The first-order valence-corrected chi connectivity index (χ1v) is 8.05. The van der Waals surface area contributed by atoms with Crippen molar-refractivity contribution in [3.05, 3.63) is 45.4 Å². The van der Waals surface area contributed by atoms with Crippen molar-refractivity contribution in [1.29, 1.82) is 0 Å². The Kier molecular flexibility index (Phi) is 5.68. The van der Waals surface area contributed by atoms with Crippen LogP contribution >= 0.6 is 11.3 Å². The topological polar surface area (TPSA) is 37.8 Å². The number of hydrogen-bond acceptors (Lipinski definition) is 4. The summed E-state index contributed by atoms with van der Waals surface area (Å²) in [7, 11) is 0. The second kappa shape index (κ2) is 7.50. The summed E-state index contributed by atoms with van der Waals surface area (Å²) in [5.41, 5.74) is 2.68. The quantitative estimate of drug-likeness (QED) is 0.851. The number of hydrogen-bond donors (Lipinski definition) is 1. The Balaban J connectivity index is 1.79. The molecule has 2 aromatic rings. The van der Waals surface area contributed by atoms with Gasteiger partial charge in [0.1, 0.15) is 10.0 Å². The molecule has 0 spiro atoms. The molecule has 0 unspecified atom stereocenters. The van der Waals surface area contributed by atoms with Crippen LogP contribution in [0.2, 0.25) is 0 Å². The molecule has 0 amide bonds. The van der Waals surface area contributed by atoms with Gasteiger partial charge in [-0.05, 0) is 18.9 Å². The molecule has 2 rings (SSSR count). The van der Waals surface area contributed by atoms with E-state index >= 15 is 0 Å². The molecule has 0 saturated carbocycles. The molecule has 0 bridgehead atoms. The van der Waals surface area contributed by atoms with Gasteiger partial charge < -0.3 is 5.32 Å². The van der Waals surface area contributed by atoms with E-state index in [1.54, 1.807) is 11.3 Å². The van der Waals surface area contributed by atoms with Crippen molar-refractivity contribution in [1.82, 2.24) is 15.5 Å². The molecule has 1 aromatic carbocycles. The number of aromatic nitrogens is 2. The van der Waals surface area contributed by atoms with E-state index < -0.39 is 0 Å². The van der Waals surface area contributed by atoms with E-state index in [-0.39, 0.29) is 0 Å².